The summed E-state index contributed by atoms with van der Waals surface area (Å²) in [6, 6.07) is 5.05. The zero-order chi connectivity index (χ0) is 13.7. The minimum Gasteiger partial charge on any atom is -0.477 e. The lowest BCUT2D eigenvalue weighted by Gasteiger charge is -2.26. The van der Waals surface area contributed by atoms with Gasteiger partial charge in [0.25, 0.3) is 0 Å². The Balaban J connectivity index is 1.79. The highest BCUT2D eigenvalue weighted by Gasteiger charge is 2.18. The molecule has 1 aromatic heterocycles. The number of hydrogen-bond acceptors (Lipinski definition) is 3. The summed E-state index contributed by atoms with van der Waals surface area (Å²) in [6.07, 6.45) is 6.51. The van der Waals surface area contributed by atoms with Gasteiger partial charge >= 0.3 is 5.97 Å². The third-order valence-electron chi connectivity index (χ3n) is 3.87. The van der Waals surface area contributed by atoms with Gasteiger partial charge in [0.1, 0.15) is 5.82 Å². The van der Waals surface area contributed by atoms with E-state index in [0.29, 0.717) is 5.82 Å². The van der Waals surface area contributed by atoms with Crippen LogP contribution in [-0.4, -0.2) is 22.6 Å². The second kappa shape index (κ2) is 6.55. The third-order valence-corrected chi connectivity index (χ3v) is 3.87. The standard InChI is InChI=1S/C15H22N2O2/c1-11-4-2-5-12(10-11)8-9-16-14-7-3-6-13(17-14)15(18)19/h3,6-7,11-12H,2,4-5,8-10H2,1H3,(H,16,17)(H,18,19). The van der Waals surface area contributed by atoms with Gasteiger partial charge in [-0.25, -0.2) is 9.78 Å². The number of carboxylic acids is 1. The summed E-state index contributed by atoms with van der Waals surface area (Å²) in [5, 5.41) is 12.1. The molecule has 1 aromatic rings. The van der Waals surface area contributed by atoms with Crippen molar-refractivity contribution in [2.24, 2.45) is 11.8 Å². The molecule has 1 aliphatic rings. The Morgan fingerprint density at radius 3 is 3.05 bits per heavy atom. The topological polar surface area (TPSA) is 62.2 Å². The Hall–Kier alpha value is -1.58. The quantitative estimate of drug-likeness (QED) is 0.853. The van der Waals surface area contributed by atoms with E-state index < -0.39 is 5.97 Å². The molecule has 2 rings (SSSR count). The molecular formula is C15H22N2O2. The van der Waals surface area contributed by atoms with Gasteiger partial charge in [-0.05, 0) is 36.8 Å². The van der Waals surface area contributed by atoms with Gasteiger partial charge in [0.05, 0.1) is 0 Å². The molecule has 1 saturated carbocycles. The highest BCUT2D eigenvalue weighted by Crippen LogP contribution is 2.30. The van der Waals surface area contributed by atoms with Crippen LogP contribution in [0.4, 0.5) is 5.82 Å². The van der Waals surface area contributed by atoms with E-state index in [4.69, 9.17) is 5.11 Å². The second-order valence-corrected chi connectivity index (χ2v) is 5.57. The van der Waals surface area contributed by atoms with Crippen molar-refractivity contribution in [1.82, 2.24) is 4.98 Å². The van der Waals surface area contributed by atoms with Crippen molar-refractivity contribution in [2.45, 2.75) is 39.0 Å². The maximum atomic E-state index is 10.8. The maximum absolute atomic E-state index is 10.8. The Kier molecular flexibility index (Phi) is 4.77. The van der Waals surface area contributed by atoms with Crippen molar-refractivity contribution in [3.05, 3.63) is 23.9 Å². The number of hydrogen-bond donors (Lipinski definition) is 2. The highest BCUT2D eigenvalue weighted by molar-refractivity contribution is 5.85. The van der Waals surface area contributed by atoms with E-state index in [2.05, 4.69) is 17.2 Å². The van der Waals surface area contributed by atoms with Crippen LogP contribution in [0.1, 0.15) is 49.5 Å². The Morgan fingerprint density at radius 1 is 1.47 bits per heavy atom. The van der Waals surface area contributed by atoms with Gasteiger partial charge < -0.3 is 10.4 Å². The molecule has 0 aromatic carbocycles. The van der Waals surface area contributed by atoms with E-state index in [1.165, 1.54) is 31.7 Å². The zero-order valence-corrected chi connectivity index (χ0v) is 11.4. The van der Waals surface area contributed by atoms with Crippen molar-refractivity contribution in [2.75, 3.05) is 11.9 Å². The zero-order valence-electron chi connectivity index (χ0n) is 11.4. The highest BCUT2D eigenvalue weighted by atomic mass is 16.4. The number of anilines is 1. The van der Waals surface area contributed by atoms with Gasteiger partial charge in [0.2, 0.25) is 0 Å². The van der Waals surface area contributed by atoms with Crippen molar-refractivity contribution in [3.63, 3.8) is 0 Å². The Bertz CT molecular complexity index is 434. The second-order valence-electron chi connectivity index (χ2n) is 5.57. The molecule has 4 nitrogen and oxygen atoms in total. The number of aromatic carboxylic acids is 1. The number of pyridine rings is 1. The van der Waals surface area contributed by atoms with Gasteiger partial charge in [-0.1, -0.05) is 32.3 Å². The predicted molar refractivity (Wildman–Crippen MR) is 75.4 cm³/mol. The molecular weight excluding hydrogens is 240 g/mol. The molecule has 1 heterocycles. The molecule has 1 aliphatic carbocycles. The molecule has 0 amide bonds. The lowest BCUT2D eigenvalue weighted by atomic mass is 9.81. The molecule has 0 radical (unpaired) electrons. The van der Waals surface area contributed by atoms with E-state index in [1.54, 1.807) is 6.07 Å². The minimum atomic E-state index is -0.982. The fourth-order valence-electron chi connectivity index (χ4n) is 2.88. The van der Waals surface area contributed by atoms with Crippen LogP contribution in [0.15, 0.2) is 18.2 Å². The van der Waals surface area contributed by atoms with Gasteiger partial charge in [0.15, 0.2) is 5.69 Å². The predicted octanol–water partition coefficient (Wildman–Crippen LogP) is 3.41. The van der Waals surface area contributed by atoms with Crippen LogP contribution in [-0.2, 0) is 0 Å². The van der Waals surface area contributed by atoms with Crippen LogP contribution in [0.2, 0.25) is 0 Å². The Labute approximate surface area is 114 Å². The monoisotopic (exact) mass is 262 g/mol. The number of nitrogens with one attached hydrogen (secondary N) is 1. The molecule has 19 heavy (non-hydrogen) atoms. The maximum Gasteiger partial charge on any atom is 0.354 e. The minimum absolute atomic E-state index is 0.0938. The van der Waals surface area contributed by atoms with Crippen LogP contribution in [0.5, 0.6) is 0 Å². The van der Waals surface area contributed by atoms with Crippen molar-refractivity contribution in [3.8, 4) is 0 Å². The van der Waals surface area contributed by atoms with E-state index in [0.717, 1.165) is 24.8 Å². The summed E-state index contributed by atoms with van der Waals surface area (Å²) in [4.78, 5) is 14.9. The first-order valence-electron chi connectivity index (χ1n) is 7.09. The van der Waals surface area contributed by atoms with Gasteiger partial charge in [0, 0.05) is 6.54 Å². The fraction of sp³-hybridized carbons (Fsp3) is 0.600. The molecule has 2 unspecified atom stereocenters. The third kappa shape index (κ3) is 4.23. The van der Waals surface area contributed by atoms with Gasteiger partial charge in [-0.3, -0.25) is 0 Å². The summed E-state index contributed by atoms with van der Waals surface area (Å²) in [7, 11) is 0. The molecule has 2 atom stereocenters. The molecule has 2 N–H and O–H groups in total. The van der Waals surface area contributed by atoms with Crippen LogP contribution < -0.4 is 5.32 Å². The van der Waals surface area contributed by atoms with Crippen LogP contribution in [0.3, 0.4) is 0 Å². The number of rotatable bonds is 5. The summed E-state index contributed by atoms with van der Waals surface area (Å²) >= 11 is 0. The average molecular weight is 262 g/mol. The SMILES string of the molecule is CC1CCCC(CCNc2cccc(C(=O)O)n2)C1. The first kappa shape index (κ1) is 13.8. The van der Waals surface area contributed by atoms with Crippen LogP contribution >= 0.6 is 0 Å². The van der Waals surface area contributed by atoms with E-state index in [9.17, 15) is 4.79 Å². The molecule has 0 saturated heterocycles. The van der Waals surface area contributed by atoms with Gasteiger partial charge in [-0.2, -0.15) is 0 Å². The van der Waals surface area contributed by atoms with Gasteiger partial charge in [-0.15, -0.1) is 0 Å². The van der Waals surface area contributed by atoms with E-state index >= 15 is 0 Å². The number of aromatic nitrogens is 1. The molecule has 0 spiro atoms. The number of carboxylic acid groups (broad SMARTS) is 1. The first-order chi connectivity index (χ1) is 9.15. The van der Waals surface area contributed by atoms with E-state index in [1.807, 2.05) is 6.07 Å². The summed E-state index contributed by atoms with van der Waals surface area (Å²) in [5.41, 5.74) is 0.0938. The molecule has 104 valence electrons. The first-order valence-corrected chi connectivity index (χ1v) is 7.09. The summed E-state index contributed by atoms with van der Waals surface area (Å²) in [6.45, 7) is 3.20. The smallest absolute Gasteiger partial charge is 0.354 e. The average Bonchev–Trinajstić information content (AvgIpc) is 2.39. The molecule has 0 aliphatic heterocycles. The lowest BCUT2D eigenvalue weighted by molar-refractivity contribution is 0.0690. The van der Waals surface area contributed by atoms with Crippen molar-refractivity contribution >= 4 is 11.8 Å². The summed E-state index contributed by atoms with van der Waals surface area (Å²) < 4.78 is 0. The van der Waals surface area contributed by atoms with Crippen LogP contribution in [0.25, 0.3) is 0 Å². The van der Waals surface area contributed by atoms with Crippen LogP contribution in [0, 0.1) is 11.8 Å². The number of nitrogens with zero attached hydrogens (tertiary/aromatic N) is 1. The number of carbonyl (C=O) groups is 1. The normalized spacial score (nSPS) is 23.0. The van der Waals surface area contributed by atoms with Crippen molar-refractivity contribution < 1.29 is 9.90 Å². The lowest BCUT2D eigenvalue weighted by Crippen LogP contribution is -2.17. The fourth-order valence-corrected chi connectivity index (χ4v) is 2.88. The van der Waals surface area contributed by atoms with E-state index in [-0.39, 0.29) is 5.69 Å². The molecule has 1 fully saturated rings. The molecule has 4 heteroatoms. The largest absolute Gasteiger partial charge is 0.477 e. The van der Waals surface area contributed by atoms with Crippen molar-refractivity contribution in [1.29, 1.82) is 0 Å². The Morgan fingerprint density at radius 2 is 2.32 bits per heavy atom. The summed E-state index contributed by atoms with van der Waals surface area (Å²) in [5.74, 6) is 1.33. The molecule has 0 bridgehead atoms.